The molecular weight excluding hydrogens is 572 g/mol. The lowest BCUT2D eigenvalue weighted by Crippen LogP contribution is -2.16. The third kappa shape index (κ3) is 16.1. The molecule has 0 saturated heterocycles. The molecule has 1 aromatic carbocycles. The van der Waals surface area contributed by atoms with Crippen LogP contribution in [0.5, 0.6) is 5.75 Å². The van der Waals surface area contributed by atoms with E-state index in [4.69, 9.17) is 0 Å². The molecule has 0 saturated carbocycles. The van der Waals surface area contributed by atoms with E-state index in [1.807, 2.05) is 0 Å². The molecule has 2 atom stereocenters. The molecule has 0 aliphatic heterocycles. The molecule has 1 rings (SSSR count). The summed E-state index contributed by atoms with van der Waals surface area (Å²) in [5.74, 6) is -0.263. The number of rotatable bonds is 26. The van der Waals surface area contributed by atoms with Crippen LogP contribution in [0.1, 0.15) is 182 Å². The maximum atomic E-state index is 12.4. The fourth-order valence-electron chi connectivity index (χ4n) is 5.85. The van der Waals surface area contributed by atoms with E-state index in [9.17, 15) is 31.0 Å². The Morgan fingerprint density at radius 1 is 0.548 bits per heavy atom. The first-order valence-corrected chi connectivity index (χ1v) is 19.7. The van der Waals surface area contributed by atoms with Gasteiger partial charge in [-0.05, 0) is 37.0 Å². The minimum Gasteiger partial charge on any atom is -0.507 e. The van der Waals surface area contributed by atoms with Crippen molar-refractivity contribution in [3.63, 3.8) is 0 Å². The molecule has 0 fully saturated rings. The number of aryl methyl sites for hydroxylation is 1. The fraction of sp³-hybridized carbons (Fsp3) is 0.818. The van der Waals surface area contributed by atoms with Gasteiger partial charge in [0, 0.05) is 5.56 Å². The van der Waals surface area contributed by atoms with E-state index in [1.54, 1.807) is 6.92 Å². The van der Waals surface area contributed by atoms with Crippen molar-refractivity contribution in [3.8, 4) is 5.75 Å². The largest absolute Gasteiger partial charge is 0.507 e. The van der Waals surface area contributed by atoms with E-state index in [1.165, 1.54) is 82.8 Å². The van der Waals surface area contributed by atoms with Crippen molar-refractivity contribution in [2.75, 3.05) is 0 Å². The zero-order valence-corrected chi connectivity index (χ0v) is 28.3. The Morgan fingerprint density at radius 2 is 0.881 bits per heavy atom. The number of phenols is 1. The van der Waals surface area contributed by atoms with Gasteiger partial charge >= 0.3 is 0 Å². The normalized spacial score (nSPS) is 13.8. The molecule has 246 valence electrons. The molecule has 0 heterocycles. The maximum Gasteiger partial charge on any atom is 0.272 e. The molecule has 0 aliphatic rings. The van der Waals surface area contributed by atoms with E-state index in [0.29, 0.717) is 18.4 Å². The number of hydrogen-bond donors (Lipinski definition) is 3. The average molecular weight is 633 g/mol. The van der Waals surface area contributed by atoms with Gasteiger partial charge in [0.15, 0.2) is 0 Å². The molecule has 0 radical (unpaired) electrons. The number of unbranched alkanes of at least 4 members (excludes halogenated alkanes) is 18. The first kappa shape index (κ1) is 38.9. The molecule has 7 nitrogen and oxygen atoms in total. The van der Waals surface area contributed by atoms with Crippen molar-refractivity contribution in [2.24, 2.45) is 0 Å². The molecule has 1 aromatic rings. The van der Waals surface area contributed by atoms with Crippen LogP contribution < -0.4 is 0 Å². The zero-order chi connectivity index (χ0) is 31.4. The number of benzene rings is 1. The van der Waals surface area contributed by atoms with Gasteiger partial charge in [-0.3, -0.25) is 9.11 Å². The van der Waals surface area contributed by atoms with Crippen molar-refractivity contribution < 1.29 is 31.0 Å². The van der Waals surface area contributed by atoms with Crippen molar-refractivity contribution in [1.29, 1.82) is 0 Å². The van der Waals surface area contributed by atoms with Gasteiger partial charge < -0.3 is 5.11 Å². The molecule has 0 aromatic heterocycles. The van der Waals surface area contributed by atoms with E-state index in [-0.39, 0.29) is 29.7 Å². The van der Waals surface area contributed by atoms with Crippen LogP contribution in [-0.2, 0) is 20.2 Å². The summed E-state index contributed by atoms with van der Waals surface area (Å²) in [6.07, 6.45) is 22.1. The van der Waals surface area contributed by atoms with Gasteiger partial charge in [-0.2, -0.15) is 16.8 Å². The third-order valence-electron chi connectivity index (χ3n) is 8.43. The van der Waals surface area contributed by atoms with Crippen molar-refractivity contribution >= 4 is 20.2 Å². The molecule has 3 N–H and O–H groups in total. The summed E-state index contributed by atoms with van der Waals surface area (Å²) in [6.45, 7) is 5.97. The Morgan fingerprint density at radius 3 is 1.24 bits per heavy atom. The molecule has 9 heteroatoms. The van der Waals surface area contributed by atoms with Crippen LogP contribution in [0.4, 0.5) is 0 Å². The first-order valence-electron chi connectivity index (χ1n) is 16.7. The Bertz CT molecular complexity index is 1070. The monoisotopic (exact) mass is 632 g/mol. The lowest BCUT2D eigenvalue weighted by molar-refractivity contribution is 0.438. The highest BCUT2D eigenvalue weighted by Crippen LogP contribution is 2.40. The molecular formula is C33H60O7S2. The predicted octanol–water partition coefficient (Wildman–Crippen LogP) is 10.2. The van der Waals surface area contributed by atoms with Gasteiger partial charge in [0.2, 0.25) is 0 Å². The van der Waals surface area contributed by atoms with Gasteiger partial charge in [0.05, 0.1) is 0 Å². The quantitative estimate of drug-likeness (QED) is 0.0684. The minimum absolute atomic E-state index is 0.000136. The van der Waals surface area contributed by atoms with Crippen LogP contribution in [0.25, 0.3) is 0 Å². The molecule has 2 unspecified atom stereocenters. The highest BCUT2D eigenvalue weighted by molar-refractivity contribution is 7.86. The van der Waals surface area contributed by atoms with Crippen LogP contribution in [0.2, 0.25) is 0 Å². The number of phenolic OH excluding ortho intramolecular Hbond substituents is 1. The minimum atomic E-state index is -4.55. The predicted molar refractivity (Wildman–Crippen MR) is 174 cm³/mol. The van der Waals surface area contributed by atoms with E-state index < -0.39 is 30.7 Å². The van der Waals surface area contributed by atoms with Crippen LogP contribution in [-0.4, -0.2) is 31.0 Å². The fourth-order valence-corrected chi connectivity index (χ4v) is 7.76. The summed E-state index contributed by atoms with van der Waals surface area (Å²) >= 11 is 0. The van der Waals surface area contributed by atoms with E-state index in [2.05, 4.69) is 13.8 Å². The Kier molecular flexibility index (Phi) is 19.9. The van der Waals surface area contributed by atoms with Gasteiger partial charge in [-0.25, -0.2) is 0 Å². The van der Waals surface area contributed by atoms with Gasteiger partial charge in [-0.15, -0.1) is 0 Å². The summed E-state index contributed by atoms with van der Waals surface area (Å²) in [5.41, 5.74) is 0.562. The third-order valence-corrected chi connectivity index (χ3v) is 10.9. The topological polar surface area (TPSA) is 129 Å². The van der Waals surface area contributed by atoms with Gasteiger partial charge in [-0.1, -0.05) is 148 Å². The molecule has 0 bridgehead atoms. The lowest BCUT2D eigenvalue weighted by atomic mass is 9.95. The summed E-state index contributed by atoms with van der Waals surface area (Å²) in [7, 11) is -9.02. The van der Waals surface area contributed by atoms with E-state index >= 15 is 0 Å². The van der Waals surface area contributed by atoms with E-state index in [0.717, 1.165) is 44.9 Å². The molecule has 0 aliphatic carbocycles. The van der Waals surface area contributed by atoms with Gasteiger partial charge in [0.25, 0.3) is 20.2 Å². The standard InChI is InChI=1S/C33H60O7S2/c1-4-6-8-10-12-14-16-18-20-22-24-31(41(35,36)37)29-26-28(3)33(34)30(27-29)32(42(38,39)40)25-23-21-19-17-15-13-11-9-7-5-2/h26-27,31-32,34H,4-25H2,1-3H3,(H,35,36,37)(H,38,39,40). The Balaban J connectivity index is 2.81. The highest BCUT2D eigenvalue weighted by atomic mass is 32.2. The van der Waals surface area contributed by atoms with Crippen molar-refractivity contribution in [3.05, 3.63) is 28.8 Å². The summed E-state index contributed by atoms with van der Waals surface area (Å²) in [5, 5.41) is 8.20. The van der Waals surface area contributed by atoms with Gasteiger partial charge in [0.1, 0.15) is 16.2 Å². The van der Waals surface area contributed by atoms with Crippen molar-refractivity contribution in [1.82, 2.24) is 0 Å². The second-order valence-electron chi connectivity index (χ2n) is 12.2. The Hall–Kier alpha value is -1.16. The summed E-state index contributed by atoms with van der Waals surface area (Å²) in [4.78, 5) is 0. The molecule has 0 spiro atoms. The summed E-state index contributed by atoms with van der Waals surface area (Å²) < 4.78 is 69.8. The van der Waals surface area contributed by atoms with Crippen LogP contribution in [0.15, 0.2) is 12.1 Å². The first-order chi connectivity index (χ1) is 19.9. The summed E-state index contributed by atoms with van der Waals surface area (Å²) in [6, 6.07) is 2.85. The SMILES string of the molecule is CCCCCCCCCCCCC(c1cc(C)c(O)c(C(CCCCCCCCCCCC)S(=O)(=O)O)c1)S(=O)(=O)O. The number of aromatic hydroxyl groups is 1. The van der Waals surface area contributed by atoms with Crippen molar-refractivity contribution in [2.45, 2.75) is 173 Å². The molecule has 42 heavy (non-hydrogen) atoms. The second-order valence-corrected chi connectivity index (χ2v) is 15.4. The van der Waals surface area contributed by atoms with Crippen LogP contribution >= 0.6 is 0 Å². The average Bonchev–Trinajstić information content (AvgIpc) is 2.91. The lowest BCUT2D eigenvalue weighted by Gasteiger charge is -2.21. The smallest absolute Gasteiger partial charge is 0.272 e. The van der Waals surface area contributed by atoms with Crippen LogP contribution in [0, 0.1) is 6.92 Å². The molecule has 0 amide bonds. The van der Waals surface area contributed by atoms with Crippen LogP contribution in [0.3, 0.4) is 0 Å². The Labute approximate surface area is 257 Å². The zero-order valence-electron chi connectivity index (χ0n) is 26.7. The maximum absolute atomic E-state index is 12.4. The highest BCUT2D eigenvalue weighted by Gasteiger charge is 2.32. The second kappa shape index (κ2) is 21.5. The number of hydrogen-bond acceptors (Lipinski definition) is 5.